The van der Waals surface area contributed by atoms with E-state index in [1.54, 1.807) is 6.07 Å². The van der Waals surface area contributed by atoms with Crippen LogP contribution >= 0.6 is 23.2 Å². The van der Waals surface area contributed by atoms with Crippen LogP contribution in [0.4, 0.5) is 0 Å². The van der Waals surface area contributed by atoms with Gasteiger partial charge in [0.1, 0.15) is 0 Å². The molecule has 3 aromatic carbocycles. The van der Waals surface area contributed by atoms with Gasteiger partial charge in [0.05, 0.1) is 33.2 Å². The third-order valence-electron chi connectivity index (χ3n) is 5.47. The number of hydrogen-bond donors (Lipinski definition) is 1. The molecule has 0 aliphatic carbocycles. The van der Waals surface area contributed by atoms with Gasteiger partial charge in [0.25, 0.3) is 0 Å². The molecule has 2 heterocycles. The number of nitrogens with zero attached hydrogens (tertiary/aromatic N) is 3. The minimum Gasteiger partial charge on any atom is -0.302 e. The third kappa shape index (κ3) is 3.97. The molecular weight excluding hydrogens is 427 g/mol. The number of hydrogen-bond acceptors (Lipinski definition) is 3. The Labute approximate surface area is 191 Å². The molecule has 1 unspecified atom stereocenters. The summed E-state index contributed by atoms with van der Waals surface area (Å²) in [6.07, 6.45) is 2.84. The molecule has 6 heteroatoms. The van der Waals surface area contributed by atoms with Crippen LogP contribution in [0.5, 0.6) is 0 Å². The van der Waals surface area contributed by atoms with E-state index < -0.39 is 0 Å². The van der Waals surface area contributed by atoms with Crippen molar-refractivity contribution in [3.8, 4) is 16.9 Å². The first kappa shape index (κ1) is 19.9. The number of rotatable bonds is 4. The molecule has 1 aromatic heterocycles. The Bertz CT molecular complexity index is 1260. The van der Waals surface area contributed by atoms with Gasteiger partial charge in [0.2, 0.25) is 0 Å². The second-order valence-corrected chi connectivity index (χ2v) is 8.47. The minimum atomic E-state index is 0.0122. The molecule has 1 atom stereocenters. The van der Waals surface area contributed by atoms with Crippen LogP contribution in [0.15, 0.2) is 84.1 Å². The van der Waals surface area contributed by atoms with Crippen LogP contribution in [-0.4, -0.2) is 15.5 Å². The summed E-state index contributed by atoms with van der Waals surface area (Å²) in [5.41, 5.74) is 10.6. The highest BCUT2D eigenvalue weighted by molar-refractivity contribution is 6.42. The van der Waals surface area contributed by atoms with E-state index >= 15 is 0 Å². The molecule has 0 saturated heterocycles. The molecule has 1 N–H and O–H groups in total. The number of nitrogens with one attached hydrogen (secondary N) is 1. The topological polar surface area (TPSA) is 42.2 Å². The lowest BCUT2D eigenvalue weighted by Crippen LogP contribution is -2.10. The largest absolute Gasteiger partial charge is 0.302 e. The SMILES string of the molecule is Cc1ccc(C2=NNC(c3cn(-c4ccccc4)nc3-c3ccc(Cl)c(Cl)c3)C2)cc1. The summed E-state index contributed by atoms with van der Waals surface area (Å²) in [7, 11) is 0. The van der Waals surface area contributed by atoms with Gasteiger partial charge in [-0.2, -0.15) is 10.2 Å². The van der Waals surface area contributed by atoms with Crippen LogP contribution in [-0.2, 0) is 0 Å². The van der Waals surface area contributed by atoms with Gasteiger partial charge in [0.15, 0.2) is 0 Å². The lowest BCUT2D eigenvalue weighted by molar-refractivity contribution is 0.621. The van der Waals surface area contributed by atoms with Gasteiger partial charge < -0.3 is 5.43 Å². The molecule has 0 spiro atoms. The Morgan fingerprint density at radius 1 is 0.903 bits per heavy atom. The molecule has 154 valence electrons. The van der Waals surface area contributed by atoms with Crippen LogP contribution in [0, 0.1) is 6.92 Å². The third-order valence-corrected chi connectivity index (χ3v) is 6.21. The Morgan fingerprint density at radius 2 is 1.65 bits per heavy atom. The van der Waals surface area contributed by atoms with E-state index in [0.29, 0.717) is 10.0 Å². The molecular formula is C25H20Cl2N4. The van der Waals surface area contributed by atoms with Crippen LogP contribution in [0.3, 0.4) is 0 Å². The predicted octanol–water partition coefficient (Wildman–Crippen LogP) is 6.59. The first-order chi connectivity index (χ1) is 15.1. The maximum absolute atomic E-state index is 6.31. The summed E-state index contributed by atoms with van der Waals surface area (Å²) >= 11 is 12.5. The van der Waals surface area contributed by atoms with Crippen molar-refractivity contribution in [2.45, 2.75) is 19.4 Å². The van der Waals surface area contributed by atoms with Crippen LogP contribution in [0.1, 0.15) is 29.2 Å². The van der Waals surface area contributed by atoms with E-state index in [-0.39, 0.29) is 6.04 Å². The number of benzene rings is 3. The number of halogens is 2. The summed E-state index contributed by atoms with van der Waals surface area (Å²) in [4.78, 5) is 0. The quantitative estimate of drug-likeness (QED) is 0.383. The second kappa shape index (κ2) is 8.22. The lowest BCUT2D eigenvalue weighted by atomic mass is 9.97. The summed E-state index contributed by atoms with van der Waals surface area (Å²) in [5.74, 6) is 0. The average Bonchev–Trinajstić information content (AvgIpc) is 3.44. The molecule has 31 heavy (non-hydrogen) atoms. The van der Waals surface area contributed by atoms with Crippen molar-refractivity contribution < 1.29 is 0 Å². The standard InChI is InChI=1S/C25H20Cl2N4/c1-16-7-9-17(10-8-16)23-14-24(29-28-23)20-15-31(19-5-3-2-4-6-19)30-25(20)18-11-12-21(26)22(27)13-18/h2-13,15,24,29H,14H2,1H3. The number of aromatic nitrogens is 2. The Kier molecular flexibility index (Phi) is 5.26. The first-order valence-electron chi connectivity index (χ1n) is 10.1. The molecule has 4 aromatic rings. The van der Waals surface area contributed by atoms with Gasteiger partial charge in [0, 0.05) is 23.7 Å². The van der Waals surface area contributed by atoms with Crippen LogP contribution < -0.4 is 5.43 Å². The van der Waals surface area contributed by atoms with E-state index in [9.17, 15) is 0 Å². The van der Waals surface area contributed by atoms with Gasteiger partial charge in [-0.1, -0.05) is 77.3 Å². The van der Waals surface area contributed by atoms with E-state index in [4.69, 9.17) is 28.3 Å². The van der Waals surface area contributed by atoms with Crippen molar-refractivity contribution in [2.24, 2.45) is 5.10 Å². The zero-order valence-corrected chi connectivity index (χ0v) is 18.4. The second-order valence-electron chi connectivity index (χ2n) is 7.65. The normalized spacial score (nSPS) is 15.6. The van der Waals surface area contributed by atoms with Gasteiger partial charge in [-0.05, 0) is 36.8 Å². The molecule has 0 amide bonds. The van der Waals surface area contributed by atoms with Crippen molar-refractivity contribution in [3.63, 3.8) is 0 Å². The van der Waals surface area contributed by atoms with Gasteiger partial charge >= 0.3 is 0 Å². The highest BCUT2D eigenvalue weighted by Gasteiger charge is 2.27. The fraction of sp³-hybridized carbons (Fsp3) is 0.120. The summed E-state index contributed by atoms with van der Waals surface area (Å²) in [6, 6.07) is 24.2. The molecule has 4 nitrogen and oxygen atoms in total. The van der Waals surface area contributed by atoms with Crippen LogP contribution in [0.2, 0.25) is 10.0 Å². The molecule has 0 fully saturated rings. The summed E-state index contributed by atoms with van der Waals surface area (Å²) in [5, 5.41) is 10.6. The Hall–Kier alpha value is -3.08. The Morgan fingerprint density at radius 3 is 2.39 bits per heavy atom. The van der Waals surface area contributed by atoms with Gasteiger partial charge in [-0.25, -0.2) is 4.68 Å². The molecule has 0 radical (unpaired) electrons. The fourth-order valence-electron chi connectivity index (χ4n) is 3.77. The van der Waals surface area contributed by atoms with E-state index in [1.165, 1.54) is 5.56 Å². The van der Waals surface area contributed by atoms with Crippen molar-refractivity contribution in [2.75, 3.05) is 0 Å². The van der Waals surface area contributed by atoms with Crippen molar-refractivity contribution in [3.05, 3.63) is 106 Å². The first-order valence-corrected chi connectivity index (χ1v) is 10.8. The molecule has 5 rings (SSSR count). The van der Waals surface area contributed by atoms with Gasteiger partial charge in [-0.3, -0.25) is 0 Å². The lowest BCUT2D eigenvalue weighted by Gasteiger charge is -2.10. The average molecular weight is 447 g/mol. The van der Waals surface area contributed by atoms with Crippen molar-refractivity contribution in [1.29, 1.82) is 0 Å². The van der Waals surface area contributed by atoms with Crippen molar-refractivity contribution in [1.82, 2.24) is 15.2 Å². The maximum Gasteiger partial charge on any atom is 0.0981 e. The summed E-state index contributed by atoms with van der Waals surface area (Å²) in [6.45, 7) is 2.09. The zero-order chi connectivity index (χ0) is 21.4. The van der Waals surface area contributed by atoms with Crippen molar-refractivity contribution >= 4 is 28.9 Å². The maximum atomic E-state index is 6.31. The van der Waals surface area contributed by atoms with E-state index in [0.717, 1.165) is 40.2 Å². The fourth-order valence-corrected chi connectivity index (χ4v) is 4.07. The Balaban J connectivity index is 1.53. The number of para-hydroxylation sites is 1. The molecule has 1 aliphatic heterocycles. The zero-order valence-electron chi connectivity index (χ0n) is 16.9. The smallest absolute Gasteiger partial charge is 0.0981 e. The number of hydrazone groups is 1. The van der Waals surface area contributed by atoms with Gasteiger partial charge in [-0.15, -0.1) is 0 Å². The van der Waals surface area contributed by atoms with Crippen LogP contribution in [0.25, 0.3) is 16.9 Å². The molecule has 1 aliphatic rings. The predicted molar refractivity (Wildman–Crippen MR) is 127 cm³/mol. The highest BCUT2D eigenvalue weighted by atomic mass is 35.5. The van der Waals surface area contributed by atoms with E-state index in [1.807, 2.05) is 47.1 Å². The monoisotopic (exact) mass is 446 g/mol. The summed E-state index contributed by atoms with van der Waals surface area (Å²) < 4.78 is 1.90. The molecule has 0 bridgehead atoms. The minimum absolute atomic E-state index is 0.0122. The molecule has 0 saturated carbocycles. The van der Waals surface area contributed by atoms with E-state index in [2.05, 4.69) is 47.9 Å². The highest BCUT2D eigenvalue weighted by Crippen LogP contribution is 2.35. The number of aryl methyl sites for hydroxylation is 1.